The summed E-state index contributed by atoms with van der Waals surface area (Å²) in [5.41, 5.74) is 1.00. The second-order valence-corrected chi connectivity index (χ2v) is 9.98. The van der Waals surface area contributed by atoms with Gasteiger partial charge in [0.1, 0.15) is 0 Å². The van der Waals surface area contributed by atoms with Crippen LogP contribution in [0.2, 0.25) is 0 Å². The van der Waals surface area contributed by atoms with Crippen molar-refractivity contribution < 1.29 is 8.42 Å². The highest BCUT2D eigenvalue weighted by Gasteiger charge is 2.25. The van der Waals surface area contributed by atoms with Crippen LogP contribution in [0.15, 0.2) is 34.2 Å². The van der Waals surface area contributed by atoms with Crippen LogP contribution < -0.4 is 5.32 Å². The van der Waals surface area contributed by atoms with E-state index < -0.39 is 10.0 Å². The molecule has 1 saturated heterocycles. The Morgan fingerprint density at radius 3 is 2.46 bits per heavy atom. The van der Waals surface area contributed by atoms with E-state index in [4.69, 9.17) is 4.99 Å². The highest BCUT2D eigenvalue weighted by atomic mass is 127. The van der Waals surface area contributed by atoms with Gasteiger partial charge < -0.3 is 10.2 Å². The van der Waals surface area contributed by atoms with Crippen LogP contribution in [0.4, 0.5) is 0 Å². The second-order valence-electron chi connectivity index (χ2n) is 7.83. The number of halogens is 1. The molecule has 1 atom stereocenters. The molecule has 1 aliphatic heterocycles. The maximum atomic E-state index is 12.2. The number of aliphatic imine (C=N–C) groups is 1. The van der Waals surface area contributed by atoms with Gasteiger partial charge in [-0.05, 0) is 49.3 Å². The number of rotatable bonds is 7. The molecule has 1 N–H and O–H groups in total. The predicted molar refractivity (Wildman–Crippen MR) is 127 cm³/mol. The van der Waals surface area contributed by atoms with Gasteiger partial charge in [-0.3, -0.25) is 0 Å². The third-order valence-corrected chi connectivity index (χ3v) is 6.67. The number of benzene rings is 1. The Balaban J connectivity index is 0.00000392. The van der Waals surface area contributed by atoms with E-state index >= 15 is 0 Å². The zero-order valence-electron chi connectivity index (χ0n) is 17.7. The van der Waals surface area contributed by atoms with E-state index in [1.54, 1.807) is 26.2 Å². The van der Waals surface area contributed by atoms with Crippen molar-refractivity contribution in [2.75, 3.05) is 33.7 Å². The van der Waals surface area contributed by atoms with Crippen LogP contribution in [0.3, 0.4) is 0 Å². The molecule has 0 aromatic heterocycles. The molecule has 0 amide bonds. The molecule has 1 aromatic carbocycles. The molecule has 0 radical (unpaired) electrons. The van der Waals surface area contributed by atoms with Crippen LogP contribution in [0.25, 0.3) is 0 Å². The Hall–Kier alpha value is -0.870. The van der Waals surface area contributed by atoms with E-state index in [0.717, 1.165) is 43.0 Å². The van der Waals surface area contributed by atoms with Crippen LogP contribution in [-0.4, -0.2) is 57.3 Å². The molecule has 1 heterocycles. The smallest absolute Gasteiger partial charge is 0.242 e. The van der Waals surface area contributed by atoms with Crippen molar-refractivity contribution in [2.24, 2.45) is 16.8 Å². The minimum Gasteiger partial charge on any atom is -0.357 e. The first-order valence-electron chi connectivity index (χ1n) is 9.78. The molecule has 1 fully saturated rings. The van der Waals surface area contributed by atoms with Gasteiger partial charge in [-0.15, -0.1) is 24.0 Å². The van der Waals surface area contributed by atoms with E-state index in [9.17, 15) is 8.42 Å². The predicted octanol–water partition coefficient (Wildman–Crippen LogP) is 3.39. The Bertz CT molecular complexity index is 733. The SMILES string of the molecule is CCNC(=NCc1ccc(S(=O)(=O)N(C)C)cc1)N1CCC(CC(C)C)C1.I. The Kier molecular flexibility index (Phi) is 10.2. The zero-order valence-corrected chi connectivity index (χ0v) is 20.8. The highest BCUT2D eigenvalue weighted by molar-refractivity contribution is 14.0. The summed E-state index contributed by atoms with van der Waals surface area (Å²) < 4.78 is 25.5. The largest absolute Gasteiger partial charge is 0.357 e. The average molecular weight is 522 g/mol. The van der Waals surface area contributed by atoms with E-state index in [1.807, 2.05) is 12.1 Å². The molecule has 1 aromatic rings. The first-order chi connectivity index (χ1) is 12.7. The van der Waals surface area contributed by atoms with Crippen LogP contribution >= 0.6 is 24.0 Å². The fraction of sp³-hybridized carbons (Fsp3) is 0.650. The lowest BCUT2D eigenvalue weighted by atomic mass is 9.97. The number of hydrogen-bond donors (Lipinski definition) is 1. The Morgan fingerprint density at radius 1 is 1.29 bits per heavy atom. The van der Waals surface area contributed by atoms with E-state index in [-0.39, 0.29) is 24.0 Å². The molecular weight excluding hydrogens is 487 g/mol. The van der Waals surface area contributed by atoms with Gasteiger partial charge in [-0.2, -0.15) is 0 Å². The summed E-state index contributed by atoms with van der Waals surface area (Å²) in [7, 11) is -0.305. The number of hydrogen-bond acceptors (Lipinski definition) is 3. The van der Waals surface area contributed by atoms with Crippen molar-refractivity contribution >= 4 is 40.0 Å². The van der Waals surface area contributed by atoms with Crippen molar-refractivity contribution in [3.05, 3.63) is 29.8 Å². The molecular formula is C20H35IN4O2S. The number of sulfonamides is 1. The second kappa shape index (κ2) is 11.3. The zero-order chi connectivity index (χ0) is 20.0. The normalized spacial score (nSPS) is 17.9. The van der Waals surface area contributed by atoms with Crippen LogP contribution in [-0.2, 0) is 16.6 Å². The van der Waals surface area contributed by atoms with Crippen molar-refractivity contribution in [1.82, 2.24) is 14.5 Å². The van der Waals surface area contributed by atoms with E-state index in [0.29, 0.717) is 11.4 Å². The number of guanidine groups is 1. The topological polar surface area (TPSA) is 65.0 Å². The summed E-state index contributed by atoms with van der Waals surface area (Å²) in [4.78, 5) is 7.44. The van der Waals surface area contributed by atoms with Crippen LogP contribution in [0.5, 0.6) is 0 Å². The highest BCUT2D eigenvalue weighted by Crippen LogP contribution is 2.23. The minimum atomic E-state index is -3.39. The molecule has 2 rings (SSSR count). The standard InChI is InChI=1S/C20H34N4O2S.HI/c1-6-21-20(24-12-11-18(15-24)13-16(2)3)22-14-17-7-9-19(10-8-17)27(25,26)23(4)5;/h7-10,16,18H,6,11-15H2,1-5H3,(H,21,22);1H. The number of likely N-dealkylation sites (tertiary alicyclic amines) is 1. The van der Waals surface area contributed by atoms with Crippen molar-refractivity contribution in [3.63, 3.8) is 0 Å². The molecule has 1 unspecified atom stereocenters. The maximum absolute atomic E-state index is 12.2. The summed E-state index contributed by atoms with van der Waals surface area (Å²) in [5.74, 6) is 2.42. The van der Waals surface area contributed by atoms with Gasteiger partial charge >= 0.3 is 0 Å². The first kappa shape index (κ1) is 25.2. The number of nitrogens with zero attached hydrogens (tertiary/aromatic N) is 3. The lowest BCUT2D eigenvalue weighted by molar-refractivity contribution is 0.403. The Labute approximate surface area is 187 Å². The van der Waals surface area contributed by atoms with Crippen molar-refractivity contribution in [2.45, 2.75) is 45.1 Å². The summed E-state index contributed by atoms with van der Waals surface area (Å²) in [6, 6.07) is 6.99. The van der Waals surface area contributed by atoms with Gasteiger partial charge in [-0.25, -0.2) is 17.7 Å². The van der Waals surface area contributed by atoms with E-state index in [1.165, 1.54) is 17.1 Å². The van der Waals surface area contributed by atoms with Crippen LogP contribution in [0.1, 0.15) is 39.2 Å². The van der Waals surface area contributed by atoms with Gasteiger partial charge in [0.05, 0.1) is 11.4 Å². The third-order valence-electron chi connectivity index (χ3n) is 4.84. The monoisotopic (exact) mass is 522 g/mol. The van der Waals surface area contributed by atoms with Gasteiger partial charge in [-0.1, -0.05) is 26.0 Å². The average Bonchev–Trinajstić information content (AvgIpc) is 3.06. The Morgan fingerprint density at radius 2 is 1.93 bits per heavy atom. The third kappa shape index (κ3) is 6.88. The van der Waals surface area contributed by atoms with Gasteiger partial charge in [0.25, 0.3) is 0 Å². The van der Waals surface area contributed by atoms with Crippen molar-refractivity contribution in [3.8, 4) is 0 Å². The van der Waals surface area contributed by atoms with Crippen LogP contribution in [0, 0.1) is 11.8 Å². The van der Waals surface area contributed by atoms with E-state index in [2.05, 4.69) is 31.0 Å². The molecule has 8 heteroatoms. The molecule has 28 heavy (non-hydrogen) atoms. The molecule has 0 aliphatic carbocycles. The van der Waals surface area contributed by atoms with Gasteiger partial charge in [0.2, 0.25) is 10.0 Å². The summed E-state index contributed by atoms with van der Waals surface area (Å²) in [6.07, 6.45) is 2.48. The fourth-order valence-electron chi connectivity index (χ4n) is 3.45. The summed E-state index contributed by atoms with van der Waals surface area (Å²) in [6.45, 7) is 10.1. The molecule has 0 saturated carbocycles. The fourth-order valence-corrected chi connectivity index (χ4v) is 4.36. The van der Waals surface area contributed by atoms with Crippen molar-refractivity contribution in [1.29, 1.82) is 0 Å². The maximum Gasteiger partial charge on any atom is 0.242 e. The lowest BCUT2D eigenvalue weighted by Crippen LogP contribution is -2.40. The lowest BCUT2D eigenvalue weighted by Gasteiger charge is -2.22. The van der Waals surface area contributed by atoms with Gasteiger partial charge in [0.15, 0.2) is 5.96 Å². The number of nitrogens with one attached hydrogen (secondary N) is 1. The molecule has 0 spiro atoms. The molecule has 6 nitrogen and oxygen atoms in total. The quantitative estimate of drug-likeness (QED) is 0.339. The minimum absolute atomic E-state index is 0. The molecule has 0 bridgehead atoms. The molecule has 160 valence electrons. The summed E-state index contributed by atoms with van der Waals surface area (Å²) >= 11 is 0. The molecule has 1 aliphatic rings. The first-order valence-corrected chi connectivity index (χ1v) is 11.2. The summed E-state index contributed by atoms with van der Waals surface area (Å²) in [5, 5.41) is 3.39. The van der Waals surface area contributed by atoms with Gasteiger partial charge in [0, 0.05) is 33.7 Å².